The standard InChI is InChI=1S/C28H32N6O5.C16H14N6O2S/c1-4-38-26(35)20-11-8-14-33(16-20)23-15-21(37-3)12-13-22(23)25-24(18(2)29-28-30-31-32-34(25)28)27(36)39-17-19-9-6-5-7-10-19;1-10-13(15(23)24-8-11-5-3-2-4-6-11)14(12-7-17-9-25-12)22-16(18-10)19-20-21-22/h5-7,9-10,12-13,15,20,25H,4,8,11,14,16-17H2,1-3H3,(H,29,30,32);2-7,9,14H,8H2,1H3,(H,18,19,21)/t20-,25?;/m1./s1. The molecule has 3 aliphatic rings. The van der Waals surface area contributed by atoms with Gasteiger partial charge in [0.15, 0.2) is 0 Å². The molecule has 330 valence electrons. The summed E-state index contributed by atoms with van der Waals surface area (Å²) in [6, 6.07) is 23.6. The van der Waals surface area contributed by atoms with Gasteiger partial charge in [-0.15, -0.1) is 11.3 Å². The number of allylic oxidation sites excluding steroid dienone is 2. The predicted octanol–water partition coefficient (Wildman–Crippen LogP) is 5.66. The third kappa shape index (κ3) is 9.31. The number of hydrogen-bond donors (Lipinski definition) is 2. The first-order valence-electron chi connectivity index (χ1n) is 20.6. The quantitative estimate of drug-likeness (QED) is 0.112. The zero-order valence-corrected chi connectivity index (χ0v) is 36.4. The van der Waals surface area contributed by atoms with Gasteiger partial charge in [0.2, 0.25) is 11.9 Å². The molecule has 2 unspecified atom stereocenters. The minimum absolute atomic E-state index is 0.133. The van der Waals surface area contributed by atoms with Crippen molar-refractivity contribution in [2.45, 2.75) is 58.9 Å². The molecule has 6 heterocycles. The van der Waals surface area contributed by atoms with Crippen LogP contribution in [0.2, 0.25) is 0 Å². The first-order chi connectivity index (χ1) is 31.2. The van der Waals surface area contributed by atoms with Crippen LogP contribution >= 0.6 is 11.3 Å². The van der Waals surface area contributed by atoms with Crippen molar-refractivity contribution in [3.63, 3.8) is 0 Å². The van der Waals surface area contributed by atoms with Gasteiger partial charge in [0.25, 0.3) is 0 Å². The van der Waals surface area contributed by atoms with E-state index >= 15 is 0 Å². The Morgan fingerprint density at radius 2 is 1.38 bits per heavy atom. The fraction of sp³-hybridized carbons (Fsp3) is 0.318. The zero-order valence-electron chi connectivity index (χ0n) is 35.6. The second kappa shape index (κ2) is 19.7. The Bertz CT molecular complexity index is 2650. The Hall–Kier alpha value is -7.48. The summed E-state index contributed by atoms with van der Waals surface area (Å²) in [5.41, 5.74) is 7.29. The number of carbonyl (C=O) groups is 3. The fourth-order valence-corrected chi connectivity index (χ4v) is 8.58. The Balaban J connectivity index is 0.000000192. The molecule has 9 rings (SSSR count). The molecule has 3 aromatic carbocycles. The smallest absolute Gasteiger partial charge is 0.338 e. The first kappa shape index (κ1) is 43.2. The Morgan fingerprint density at radius 3 is 1.94 bits per heavy atom. The lowest BCUT2D eigenvalue weighted by Crippen LogP contribution is -2.40. The highest BCUT2D eigenvalue weighted by atomic mass is 32.1. The summed E-state index contributed by atoms with van der Waals surface area (Å²) in [5.74, 6) is 0.233. The van der Waals surface area contributed by atoms with Gasteiger partial charge in [0.05, 0.1) is 41.2 Å². The van der Waals surface area contributed by atoms with Gasteiger partial charge in [0.1, 0.15) is 31.0 Å². The van der Waals surface area contributed by atoms with Crippen LogP contribution in [0.25, 0.3) is 0 Å². The molecule has 20 heteroatoms. The van der Waals surface area contributed by atoms with Crippen LogP contribution < -0.4 is 20.3 Å². The molecule has 0 saturated carbocycles. The molecule has 19 nitrogen and oxygen atoms in total. The van der Waals surface area contributed by atoms with Gasteiger partial charge < -0.3 is 34.5 Å². The van der Waals surface area contributed by atoms with E-state index in [1.165, 1.54) is 11.3 Å². The number of ether oxygens (including phenoxy) is 4. The lowest BCUT2D eigenvalue weighted by Gasteiger charge is -2.37. The van der Waals surface area contributed by atoms with Crippen LogP contribution in [0.15, 0.2) is 113 Å². The van der Waals surface area contributed by atoms with Crippen LogP contribution in [0.1, 0.15) is 67.3 Å². The number of benzene rings is 3. The summed E-state index contributed by atoms with van der Waals surface area (Å²) in [7, 11) is 1.61. The third-order valence-corrected chi connectivity index (χ3v) is 11.8. The number of nitrogens with zero attached hydrogens (tertiary/aromatic N) is 10. The average molecular weight is 887 g/mol. The number of nitrogens with one attached hydrogen (secondary N) is 2. The van der Waals surface area contributed by atoms with Crippen molar-refractivity contribution in [2.24, 2.45) is 5.92 Å². The van der Waals surface area contributed by atoms with Crippen LogP contribution in [0.5, 0.6) is 5.75 Å². The normalized spacial score (nSPS) is 17.8. The first-order valence-corrected chi connectivity index (χ1v) is 21.5. The zero-order chi connectivity index (χ0) is 44.6. The molecule has 64 heavy (non-hydrogen) atoms. The molecular weight excluding hydrogens is 841 g/mol. The second-order valence-electron chi connectivity index (χ2n) is 15.0. The monoisotopic (exact) mass is 886 g/mol. The van der Waals surface area contributed by atoms with Gasteiger partial charge in [-0.25, -0.2) is 9.59 Å². The van der Waals surface area contributed by atoms with E-state index in [0.717, 1.165) is 46.6 Å². The highest BCUT2D eigenvalue weighted by Gasteiger charge is 2.39. The maximum atomic E-state index is 13.6. The van der Waals surface area contributed by atoms with Crippen LogP contribution in [0, 0.1) is 5.92 Å². The molecule has 0 radical (unpaired) electrons. The van der Waals surface area contributed by atoms with Gasteiger partial charge >= 0.3 is 17.9 Å². The van der Waals surface area contributed by atoms with Crippen molar-refractivity contribution in [1.29, 1.82) is 0 Å². The number of carbonyl (C=O) groups excluding carboxylic acids is 3. The van der Waals surface area contributed by atoms with E-state index in [0.29, 0.717) is 53.3 Å². The lowest BCUT2D eigenvalue weighted by molar-refractivity contribution is -0.148. The molecule has 0 aliphatic carbocycles. The number of aromatic nitrogens is 9. The number of fused-ring (bicyclic) bond motifs is 2. The predicted molar refractivity (Wildman–Crippen MR) is 234 cm³/mol. The molecule has 6 aromatic rings. The van der Waals surface area contributed by atoms with Crippen molar-refractivity contribution >= 4 is 46.8 Å². The Labute approximate surface area is 372 Å². The van der Waals surface area contributed by atoms with E-state index < -0.39 is 24.0 Å². The number of tetrazole rings is 2. The molecule has 3 aromatic heterocycles. The molecule has 0 amide bonds. The molecule has 1 saturated heterocycles. The summed E-state index contributed by atoms with van der Waals surface area (Å²) >= 11 is 1.44. The number of methoxy groups -OCH3 is 1. The van der Waals surface area contributed by atoms with E-state index in [2.05, 4.69) is 51.6 Å². The highest BCUT2D eigenvalue weighted by Crippen LogP contribution is 2.42. The number of esters is 3. The number of piperidine rings is 1. The van der Waals surface area contributed by atoms with Crippen molar-refractivity contribution in [2.75, 3.05) is 42.3 Å². The molecular formula is C44H46N12O7S. The number of rotatable bonds is 12. The van der Waals surface area contributed by atoms with E-state index in [1.54, 1.807) is 28.2 Å². The number of thiazole rings is 1. The average Bonchev–Trinajstić information content (AvgIpc) is 4.14. The van der Waals surface area contributed by atoms with Crippen molar-refractivity contribution < 1.29 is 33.3 Å². The molecule has 0 spiro atoms. The summed E-state index contributed by atoms with van der Waals surface area (Å²) in [6.07, 6.45) is 3.29. The van der Waals surface area contributed by atoms with Gasteiger partial charge in [0, 0.05) is 48.0 Å². The summed E-state index contributed by atoms with van der Waals surface area (Å²) < 4.78 is 25.3. The maximum Gasteiger partial charge on any atom is 0.338 e. The second-order valence-corrected chi connectivity index (χ2v) is 15.9. The lowest BCUT2D eigenvalue weighted by atomic mass is 9.91. The molecule has 2 N–H and O–H groups in total. The minimum atomic E-state index is -0.664. The SMILES string of the molecule is CC1=C(C(=O)OCc2ccccc2)C(c2cncs2)n2nnnc2N1.CCOC(=O)[C@@H]1CCCN(c2cc(OC)ccc2C2C(C(=O)OCc3ccccc3)=C(C)Nc3nnnn32)C1. The molecule has 1 fully saturated rings. The largest absolute Gasteiger partial charge is 0.497 e. The summed E-state index contributed by atoms with van der Waals surface area (Å²) in [4.78, 5) is 46.1. The topological polar surface area (TPSA) is 216 Å². The number of anilines is 3. The minimum Gasteiger partial charge on any atom is -0.497 e. The van der Waals surface area contributed by atoms with Gasteiger partial charge in [-0.3, -0.25) is 9.78 Å². The fourth-order valence-electron chi connectivity index (χ4n) is 7.87. The van der Waals surface area contributed by atoms with Crippen LogP contribution in [-0.2, 0) is 41.8 Å². The highest BCUT2D eigenvalue weighted by molar-refractivity contribution is 7.09. The van der Waals surface area contributed by atoms with Crippen LogP contribution in [-0.4, -0.2) is 90.1 Å². The van der Waals surface area contributed by atoms with Crippen LogP contribution in [0.3, 0.4) is 0 Å². The van der Waals surface area contributed by atoms with E-state index in [1.807, 2.05) is 99.6 Å². The van der Waals surface area contributed by atoms with Gasteiger partial charge in [-0.2, -0.15) is 9.36 Å². The number of hydrogen-bond acceptors (Lipinski definition) is 18. The van der Waals surface area contributed by atoms with Gasteiger partial charge in [-0.05, 0) is 71.7 Å². The van der Waals surface area contributed by atoms with E-state index in [4.69, 9.17) is 18.9 Å². The van der Waals surface area contributed by atoms with Crippen molar-refractivity contribution in [3.05, 3.63) is 135 Å². The summed E-state index contributed by atoms with van der Waals surface area (Å²) in [5, 5.41) is 30.0. The Kier molecular flexibility index (Phi) is 13.3. The third-order valence-electron chi connectivity index (χ3n) is 10.9. The maximum absolute atomic E-state index is 13.6. The van der Waals surface area contributed by atoms with E-state index in [-0.39, 0.29) is 25.1 Å². The van der Waals surface area contributed by atoms with Crippen molar-refractivity contribution in [1.82, 2.24) is 45.4 Å². The van der Waals surface area contributed by atoms with Crippen LogP contribution in [0.4, 0.5) is 17.6 Å². The molecule has 3 aliphatic heterocycles. The molecule has 0 bridgehead atoms. The van der Waals surface area contributed by atoms with Crippen molar-refractivity contribution in [3.8, 4) is 5.75 Å². The van der Waals surface area contributed by atoms with Gasteiger partial charge in [-0.1, -0.05) is 76.9 Å². The van der Waals surface area contributed by atoms with E-state index in [9.17, 15) is 14.4 Å². The summed E-state index contributed by atoms with van der Waals surface area (Å²) in [6.45, 7) is 7.34. The molecule has 3 atom stereocenters. The Morgan fingerprint density at radius 1 is 0.781 bits per heavy atom.